The Balaban J connectivity index is 1.51. The third kappa shape index (κ3) is 3.75. The first-order chi connectivity index (χ1) is 12.8. The number of halogens is 1. The molecule has 1 aliphatic rings. The molecule has 0 fully saturated rings. The van der Waals surface area contributed by atoms with Gasteiger partial charge in [-0.05, 0) is 47.4 Å². The van der Waals surface area contributed by atoms with Gasteiger partial charge in [-0.3, -0.25) is 3.11 Å². The van der Waals surface area contributed by atoms with E-state index in [0.29, 0.717) is 5.92 Å². The molecule has 3 aromatic rings. The smallest absolute Gasteiger partial charge is 0.0646 e. The van der Waals surface area contributed by atoms with E-state index in [-0.39, 0.29) is 0 Å². The van der Waals surface area contributed by atoms with Gasteiger partial charge in [0.1, 0.15) is 0 Å². The maximum absolute atomic E-state index is 2.37. The van der Waals surface area contributed by atoms with Gasteiger partial charge >= 0.3 is 0 Å². The molecule has 0 saturated heterocycles. The number of hydrogen-bond donors (Lipinski definition) is 0. The van der Waals surface area contributed by atoms with Crippen molar-refractivity contribution in [1.82, 2.24) is 0 Å². The number of hydrogen-bond acceptors (Lipinski definition) is 1. The standard InChI is InChI=1S/C24H20IN/c25-26(23-15-11-21(12-16-23)19-7-3-1-4-8-19)24-17-13-22(14-18-24)20-9-5-2-6-10-20/h1-9,11-18,20H,10H2. The van der Waals surface area contributed by atoms with Gasteiger partial charge in [0.25, 0.3) is 0 Å². The van der Waals surface area contributed by atoms with Crippen LogP contribution in [0.15, 0.2) is 103 Å². The Morgan fingerprint density at radius 3 is 1.92 bits per heavy atom. The van der Waals surface area contributed by atoms with Gasteiger partial charge in [0.15, 0.2) is 0 Å². The Hall–Kier alpha value is -2.33. The van der Waals surface area contributed by atoms with Crippen molar-refractivity contribution in [2.75, 3.05) is 3.11 Å². The lowest BCUT2D eigenvalue weighted by atomic mass is 9.92. The zero-order chi connectivity index (χ0) is 17.8. The minimum absolute atomic E-state index is 0.502. The fraction of sp³-hybridized carbons (Fsp3) is 0.0833. The average Bonchev–Trinajstić information content (AvgIpc) is 2.75. The molecule has 1 unspecified atom stereocenters. The number of nitrogens with zero attached hydrogens (tertiary/aromatic N) is 1. The van der Waals surface area contributed by atoms with Crippen LogP contribution >= 0.6 is 22.9 Å². The summed E-state index contributed by atoms with van der Waals surface area (Å²) < 4.78 is 2.20. The van der Waals surface area contributed by atoms with Gasteiger partial charge in [0.05, 0.1) is 34.2 Å². The van der Waals surface area contributed by atoms with Crippen LogP contribution in [0.25, 0.3) is 11.1 Å². The second kappa shape index (κ2) is 7.92. The van der Waals surface area contributed by atoms with Crippen LogP contribution in [0.2, 0.25) is 0 Å². The highest BCUT2D eigenvalue weighted by atomic mass is 127. The topological polar surface area (TPSA) is 3.24 Å². The monoisotopic (exact) mass is 449 g/mol. The molecule has 1 nitrogen and oxygen atoms in total. The first-order valence-electron chi connectivity index (χ1n) is 8.86. The largest absolute Gasteiger partial charge is 0.283 e. The van der Waals surface area contributed by atoms with E-state index in [1.807, 2.05) is 6.07 Å². The maximum Gasteiger partial charge on any atom is 0.0646 e. The second-order valence-corrected chi connectivity index (χ2v) is 7.41. The van der Waals surface area contributed by atoms with Gasteiger partial charge in [-0.2, -0.15) is 0 Å². The molecule has 1 aliphatic carbocycles. The van der Waals surface area contributed by atoms with Crippen LogP contribution in [0, 0.1) is 0 Å². The second-order valence-electron chi connectivity index (χ2n) is 6.44. The zero-order valence-electron chi connectivity index (χ0n) is 14.4. The van der Waals surface area contributed by atoms with Crippen LogP contribution in [-0.2, 0) is 0 Å². The minimum Gasteiger partial charge on any atom is -0.283 e. The predicted molar refractivity (Wildman–Crippen MR) is 120 cm³/mol. The Morgan fingerprint density at radius 1 is 0.692 bits per heavy atom. The fourth-order valence-electron chi connectivity index (χ4n) is 3.24. The third-order valence-corrected chi connectivity index (χ3v) is 5.84. The van der Waals surface area contributed by atoms with Crippen molar-refractivity contribution in [1.29, 1.82) is 0 Å². The summed E-state index contributed by atoms with van der Waals surface area (Å²) in [4.78, 5) is 0. The minimum atomic E-state index is 0.502. The first kappa shape index (κ1) is 17.1. The summed E-state index contributed by atoms with van der Waals surface area (Å²) in [5.41, 5.74) is 6.24. The Morgan fingerprint density at radius 2 is 1.31 bits per heavy atom. The zero-order valence-corrected chi connectivity index (χ0v) is 16.6. The molecule has 2 heteroatoms. The number of rotatable bonds is 4. The van der Waals surface area contributed by atoms with Crippen LogP contribution < -0.4 is 3.11 Å². The Kier molecular flexibility index (Phi) is 5.21. The van der Waals surface area contributed by atoms with Crippen molar-refractivity contribution in [2.24, 2.45) is 0 Å². The molecule has 0 bridgehead atoms. The third-order valence-electron chi connectivity index (χ3n) is 4.73. The Labute approximate surface area is 169 Å². The van der Waals surface area contributed by atoms with Gasteiger partial charge in [-0.1, -0.05) is 78.9 Å². The van der Waals surface area contributed by atoms with E-state index in [1.165, 1.54) is 28.1 Å². The number of benzene rings is 3. The average molecular weight is 449 g/mol. The molecule has 4 rings (SSSR count). The summed E-state index contributed by atoms with van der Waals surface area (Å²) >= 11 is 2.37. The van der Waals surface area contributed by atoms with Crippen molar-refractivity contribution in [3.8, 4) is 11.1 Å². The molecule has 3 aromatic carbocycles. The van der Waals surface area contributed by atoms with E-state index in [2.05, 4.69) is 123 Å². The summed E-state index contributed by atoms with van der Waals surface area (Å²) in [5.74, 6) is 0.502. The first-order valence-corrected chi connectivity index (χ1v) is 9.82. The van der Waals surface area contributed by atoms with Crippen molar-refractivity contribution in [3.63, 3.8) is 0 Å². The summed E-state index contributed by atoms with van der Waals surface area (Å²) in [6.45, 7) is 0. The van der Waals surface area contributed by atoms with E-state index in [4.69, 9.17) is 0 Å². The van der Waals surface area contributed by atoms with Crippen LogP contribution in [0.1, 0.15) is 17.9 Å². The van der Waals surface area contributed by atoms with Crippen LogP contribution in [0.3, 0.4) is 0 Å². The molecular formula is C24H20IN. The van der Waals surface area contributed by atoms with Gasteiger partial charge in [0, 0.05) is 5.92 Å². The number of anilines is 2. The summed E-state index contributed by atoms with van der Waals surface area (Å²) in [6, 6.07) is 28.1. The maximum atomic E-state index is 2.37. The molecule has 0 heterocycles. The van der Waals surface area contributed by atoms with Crippen molar-refractivity contribution < 1.29 is 0 Å². The van der Waals surface area contributed by atoms with E-state index in [9.17, 15) is 0 Å². The van der Waals surface area contributed by atoms with E-state index < -0.39 is 0 Å². The highest BCUT2D eigenvalue weighted by Crippen LogP contribution is 2.33. The summed E-state index contributed by atoms with van der Waals surface area (Å²) in [5, 5.41) is 0. The lowest BCUT2D eigenvalue weighted by Gasteiger charge is -2.19. The molecule has 0 spiro atoms. The molecule has 0 amide bonds. The predicted octanol–water partition coefficient (Wildman–Crippen LogP) is 7.44. The van der Waals surface area contributed by atoms with Gasteiger partial charge in [-0.15, -0.1) is 0 Å². The van der Waals surface area contributed by atoms with Gasteiger partial charge < -0.3 is 0 Å². The lowest BCUT2D eigenvalue weighted by molar-refractivity contribution is 0.854. The SMILES string of the molecule is IN(c1ccc(-c2ccccc2)cc1)c1ccc(C2C=CC=CC2)cc1. The number of allylic oxidation sites excluding steroid dienone is 4. The van der Waals surface area contributed by atoms with E-state index in [1.54, 1.807) is 0 Å². The molecule has 1 atom stereocenters. The van der Waals surface area contributed by atoms with E-state index >= 15 is 0 Å². The van der Waals surface area contributed by atoms with Gasteiger partial charge in [0.2, 0.25) is 0 Å². The van der Waals surface area contributed by atoms with Crippen molar-refractivity contribution in [2.45, 2.75) is 12.3 Å². The van der Waals surface area contributed by atoms with Crippen LogP contribution in [-0.4, -0.2) is 0 Å². The quantitative estimate of drug-likeness (QED) is 0.296. The molecule has 0 radical (unpaired) electrons. The van der Waals surface area contributed by atoms with E-state index in [0.717, 1.165) is 6.42 Å². The van der Waals surface area contributed by atoms with Crippen LogP contribution in [0.5, 0.6) is 0 Å². The summed E-state index contributed by atoms with van der Waals surface area (Å²) in [6.07, 6.45) is 9.86. The molecule has 128 valence electrons. The molecule has 0 aliphatic heterocycles. The molecule has 0 saturated carbocycles. The summed E-state index contributed by atoms with van der Waals surface area (Å²) in [7, 11) is 0. The van der Waals surface area contributed by atoms with Gasteiger partial charge in [-0.25, -0.2) is 0 Å². The lowest BCUT2D eigenvalue weighted by Crippen LogP contribution is -2.02. The highest BCUT2D eigenvalue weighted by molar-refractivity contribution is 14.1. The molecular weight excluding hydrogens is 429 g/mol. The fourth-order valence-corrected chi connectivity index (χ4v) is 3.89. The Bertz CT molecular complexity index is 909. The molecule has 26 heavy (non-hydrogen) atoms. The molecule has 0 aromatic heterocycles. The molecule has 0 N–H and O–H groups in total. The normalized spacial score (nSPS) is 15.8. The highest BCUT2D eigenvalue weighted by Gasteiger charge is 2.10. The van der Waals surface area contributed by atoms with Crippen molar-refractivity contribution >= 4 is 34.2 Å². The van der Waals surface area contributed by atoms with Crippen molar-refractivity contribution in [3.05, 3.63) is 109 Å². The van der Waals surface area contributed by atoms with Crippen LogP contribution in [0.4, 0.5) is 11.4 Å².